The zero-order valence-electron chi connectivity index (χ0n) is 18.7. The summed E-state index contributed by atoms with van der Waals surface area (Å²) < 4.78 is 16.9. The summed E-state index contributed by atoms with van der Waals surface area (Å²) >= 11 is 1.36. The predicted molar refractivity (Wildman–Crippen MR) is 131 cm³/mol. The van der Waals surface area contributed by atoms with Crippen molar-refractivity contribution in [1.82, 2.24) is 4.98 Å². The van der Waals surface area contributed by atoms with E-state index in [4.69, 9.17) is 14.2 Å². The van der Waals surface area contributed by atoms with Crippen LogP contribution in [0.2, 0.25) is 0 Å². The van der Waals surface area contributed by atoms with E-state index in [9.17, 15) is 4.79 Å². The van der Waals surface area contributed by atoms with Crippen molar-refractivity contribution in [2.75, 3.05) is 26.3 Å². The van der Waals surface area contributed by atoms with E-state index < -0.39 is 0 Å². The lowest BCUT2D eigenvalue weighted by molar-refractivity contribution is 0.0987. The molecule has 0 saturated carbocycles. The minimum Gasteiger partial charge on any atom is -0.497 e. The molecule has 0 aliphatic carbocycles. The van der Waals surface area contributed by atoms with E-state index in [-0.39, 0.29) is 5.91 Å². The lowest BCUT2D eigenvalue weighted by Gasteiger charge is -2.15. The molecule has 0 bridgehead atoms. The van der Waals surface area contributed by atoms with Crippen molar-refractivity contribution < 1.29 is 19.0 Å². The SMILES string of the molecule is COc1ccc2nc(N(/N=C/c3ccc(C)cc3)C(=O)c3ccc(OC)c(OC)c3)sc2c1. The van der Waals surface area contributed by atoms with Crippen molar-refractivity contribution >= 4 is 38.8 Å². The van der Waals surface area contributed by atoms with Crippen molar-refractivity contribution in [2.45, 2.75) is 6.92 Å². The molecule has 7 nitrogen and oxygen atoms in total. The maximum atomic E-state index is 13.5. The van der Waals surface area contributed by atoms with Gasteiger partial charge in [-0.3, -0.25) is 4.79 Å². The summed E-state index contributed by atoms with van der Waals surface area (Å²) in [4.78, 5) is 18.2. The number of fused-ring (bicyclic) bond motifs is 1. The van der Waals surface area contributed by atoms with Crippen molar-refractivity contribution in [1.29, 1.82) is 0 Å². The summed E-state index contributed by atoms with van der Waals surface area (Å²) in [5.41, 5.74) is 3.16. The number of carbonyl (C=O) groups excluding carboxylic acids is 1. The average molecular weight is 462 g/mol. The van der Waals surface area contributed by atoms with Crippen LogP contribution in [0.25, 0.3) is 10.2 Å². The van der Waals surface area contributed by atoms with Gasteiger partial charge < -0.3 is 14.2 Å². The molecule has 33 heavy (non-hydrogen) atoms. The molecule has 4 aromatic rings. The Morgan fingerprint density at radius 2 is 1.70 bits per heavy atom. The van der Waals surface area contributed by atoms with Gasteiger partial charge in [0, 0.05) is 5.56 Å². The molecule has 0 saturated heterocycles. The number of anilines is 1. The zero-order valence-corrected chi connectivity index (χ0v) is 19.6. The first kappa shape index (κ1) is 22.3. The van der Waals surface area contributed by atoms with E-state index in [1.807, 2.05) is 49.4 Å². The van der Waals surface area contributed by atoms with Gasteiger partial charge in [-0.25, -0.2) is 4.98 Å². The summed E-state index contributed by atoms with van der Waals surface area (Å²) in [6, 6.07) is 18.5. The molecule has 1 amide bonds. The van der Waals surface area contributed by atoms with Gasteiger partial charge in [0.1, 0.15) is 5.75 Å². The fraction of sp³-hybridized carbons (Fsp3) is 0.160. The summed E-state index contributed by atoms with van der Waals surface area (Å²) in [5, 5.41) is 6.26. The first-order valence-corrected chi connectivity index (χ1v) is 11.0. The van der Waals surface area contributed by atoms with E-state index >= 15 is 0 Å². The largest absolute Gasteiger partial charge is 0.497 e. The third-order valence-electron chi connectivity index (χ3n) is 4.99. The molecule has 1 aromatic heterocycles. The van der Waals surface area contributed by atoms with Gasteiger partial charge in [-0.05, 0) is 48.9 Å². The Labute approximate surface area is 195 Å². The van der Waals surface area contributed by atoms with Gasteiger partial charge in [-0.1, -0.05) is 41.2 Å². The third-order valence-corrected chi connectivity index (χ3v) is 5.98. The Bertz CT molecular complexity index is 1320. The highest BCUT2D eigenvalue weighted by Gasteiger charge is 2.22. The van der Waals surface area contributed by atoms with Crippen molar-refractivity contribution in [2.24, 2.45) is 5.10 Å². The molecule has 0 fully saturated rings. The molecule has 4 rings (SSSR count). The number of hydrazone groups is 1. The van der Waals surface area contributed by atoms with Crippen LogP contribution >= 0.6 is 11.3 Å². The van der Waals surface area contributed by atoms with E-state index in [1.165, 1.54) is 23.5 Å². The zero-order chi connectivity index (χ0) is 23.4. The quantitative estimate of drug-likeness (QED) is 0.275. The Morgan fingerprint density at radius 3 is 2.39 bits per heavy atom. The molecule has 0 N–H and O–H groups in total. The van der Waals surface area contributed by atoms with Crippen LogP contribution in [0.3, 0.4) is 0 Å². The fourth-order valence-corrected chi connectivity index (χ4v) is 4.12. The maximum absolute atomic E-state index is 13.5. The Hall–Kier alpha value is -3.91. The van der Waals surface area contributed by atoms with Gasteiger partial charge in [-0.15, -0.1) is 0 Å². The lowest BCUT2D eigenvalue weighted by atomic mass is 10.2. The number of amides is 1. The first-order valence-electron chi connectivity index (χ1n) is 10.1. The van der Waals surface area contributed by atoms with Crippen molar-refractivity contribution in [3.8, 4) is 17.2 Å². The van der Waals surface area contributed by atoms with E-state index in [1.54, 1.807) is 38.6 Å². The number of carbonyl (C=O) groups is 1. The normalized spacial score (nSPS) is 11.0. The van der Waals surface area contributed by atoms with Crippen LogP contribution in [0, 0.1) is 6.92 Å². The van der Waals surface area contributed by atoms with E-state index in [2.05, 4.69) is 10.1 Å². The van der Waals surface area contributed by atoms with Crippen LogP contribution in [0.15, 0.2) is 65.8 Å². The Morgan fingerprint density at radius 1 is 0.939 bits per heavy atom. The average Bonchev–Trinajstić information content (AvgIpc) is 3.27. The number of benzene rings is 3. The Kier molecular flexibility index (Phi) is 6.55. The molecule has 0 radical (unpaired) electrons. The number of ether oxygens (including phenoxy) is 3. The van der Waals surface area contributed by atoms with E-state index in [0.29, 0.717) is 22.2 Å². The molecule has 1 heterocycles. The van der Waals surface area contributed by atoms with Crippen LogP contribution in [0.1, 0.15) is 21.5 Å². The topological polar surface area (TPSA) is 73.2 Å². The highest BCUT2D eigenvalue weighted by Crippen LogP contribution is 2.34. The maximum Gasteiger partial charge on any atom is 0.280 e. The van der Waals surface area contributed by atoms with Gasteiger partial charge >= 0.3 is 0 Å². The Balaban J connectivity index is 1.77. The summed E-state index contributed by atoms with van der Waals surface area (Å²) in [6.45, 7) is 2.02. The fourth-order valence-electron chi connectivity index (χ4n) is 3.17. The second-order valence-electron chi connectivity index (χ2n) is 7.17. The minimum atomic E-state index is -0.342. The molecule has 168 valence electrons. The first-order chi connectivity index (χ1) is 16.0. The van der Waals surface area contributed by atoms with Crippen LogP contribution in [-0.4, -0.2) is 38.4 Å². The van der Waals surface area contributed by atoms with Gasteiger partial charge in [0.25, 0.3) is 5.91 Å². The minimum absolute atomic E-state index is 0.342. The summed E-state index contributed by atoms with van der Waals surface area (Å²) in [7, 11) is 4.69. The number of methoxy groups -OCH3 is 3. The number of rotatable bonds is 7. The predicted octanol–water partition coefficient (Wildman–Crippen LogP) is 5.31. The van der Waals surface area contributed by atoms with Gasteiger partial charge in [-0.2, -0.15) is 10.1 Å². The molecule has 0 atom stereocenters. The smallest absolute Gasteiger partial charge is 0.280 e. The van der Waals surface area contributed by atoms with Crippen LogP contribution in [0.4, 0.5) is 5.13 Å². The number of thiazole rings is 1. The number of aromatic nitrogens is 1. The summed E-state index contributed by atoms with van der Waals surface area (Å²) in [6.07, 6.45) is 1.64. The number of hydrogen-bond donors (Lipinski definition) is 0. The second kappa shape index (κ2) is 9.70. The molecule has 8 heteroatoms. The highest BCUT2D eigenvalue weighted by molar-refractivity contribution is 7.22. The number of aryl methyl sites for hydroxylation is 1. The van der Waals surface area contributed by atoms with Crippen molar-refractivity contribution in [3.05, 3.63) is 77.4 Å². The number of nitrogens with zero attached hydrogens (tertiary/aromatic N) is 3. The third kappa shape index (κ3) is 4.80. The molecule has 3 aromatic carbocycles. The molecule has 0 unspecified atom stereocenters. The lowest BCUT2D eigenvalue weighted by Crippen LogP contribution is -2.25. The van der Waals surface area contributed by atoms with Gasteiger partial charge in [0.15, 0.2) is 11.5 Å². The molecule has 0 spiro atoms. The summed E-state index contributed by atoms with van der Waals surface area (Å²) in [5.74, 6) is 1.37. The monoisotopic (exact) mass is 461 g/mol. The molecule has 0 aliphatic rings. The van der Waals surface area contributed by atoms with Crippen LogP contribution in [-0.2, 0) is 0 Å². The van der Waals surface area contributed by atoms with Crippen molar-refractivity contribution in [3.63, 3.8) is 0 Å². The standard InChI is InChI=1S/C25H23N3O4S/c1-16-5-7-17(8-6-16)15-26-28(24(29)18-9-12-21(31-3)22(13-18)32-4)25-27-20-11-10-19(30-2)14-23(20)33-25/h5-15H,1-4H3/b26-15+. The van der Waals surface area contributed by atoms with Crippen LogP contribution < -0.4 is 19.2 Å². The molecular weight excluding hydrogens is 438 g/mol. The molecular formula is C25H23N3O4S. The van der Waals surface area contributed by atoms with E-state index in [0.717, 1.165) is 27.1 Å². The molecule has 0 aliphatic heterocycles. The number of hydrogen-bond acceptors (Lipinski definition) is 7. The van der Waals surface area contributed by atoms with Gasteiger partial charge in [0.2, 0.25) is 5.13 Å². The second-order valence-corrected chi connectivity index (χ2v) is 8.18. The van der Waals surface area contributed by atoms with Gasteiger partial charge in [0.05, 0.1) is 37.8 Å². The highest BCUT2D eigenvalue weighted by atomic mass is 32.1. The van der Waals surface area contributed by atoms with Crippen LogP contribution in [0.5, 0.6) is 17.2 Å².